The maximum atomic E-state index is 9.13. The van der Waals surface area contributed by atoms with E-state index in [1.54, 1.807) is 34.9 Å². The molecule has 56 heavy (non-hydrogen) atoms. The van der Waals surface area contributed by atoms with Gasteiger partial charge in [-0.1, -0.05) is 145 Å². The lowest BCUT2D eigenvalue weighted by Crippen LogP contribution is -2.01. The van der Waals surface area contributed by atoms with Gasteiger partial charge in [0.1, 0.15) is 11.2 Å². The highest BCUT2D eigenvalue weighted by Crippen LogP contribution is 2.39. The molecule has 0 aliphatic heterocycles. The molecule has 11 rings (SSSR count). The van der Waals surface area contributed by atoms with Crippen LogP contribution < -0.4 is 0 Å². The van der Waals surface area contributed by atoms with E-state index in [2.05, 4.69) is 12.1 Å². The van der Waals surface area contributed by atoms with E-state index < -0.39 is 42.3 Å². The smallest absolute Gasteiger partial charge is 0.164 e. The van der Waals surface area contributed by atoms with Gasteiger partial charge in [0.15, 0.2) is 17.5 Å². The summed E-state index contributed by atoms with van der Waals surface area (Å²) in [4.78, 5) is 15.0. The molecule has 3 aromatic heterocycles. The van der Waals surface area contributed by atoms with Crippen LogP contribution in [0, 0.1) is 0 Å². The summed E-state index contributed by atoms with van der Waals surface area (Å²) in [6, 6.07) is 40.3. The number of para-hydroxylation sites is 3. The summed E-state index contributed by atoms with van der Waals surface area (Å²) in [5, 5.41) is 2.63. The van der Waals surface area contributed by atoms with Crippen molar-refractivity contribution in [2.45, 2.75) is 0 Å². The molecule has 5 nitrogen and oxygen atoms in total. The lowest BCUT2D eigenvalue weighted by molar-refractivity contribution is 0.669. The Balaban J connectivity index is 1.10. The Hall–Kier alpha value is -7.63. The number of benzene rings is 8. The van der Waals surface area contributed by atoms with Crippen molar-refractivity contribution >= 4 is 43.7 Å². The first-order valence-electron chi connectivity index (χ1n) is 22.5. The Morgan fingerprint density at radius 2 is 1.00 bits per heavy atom. The van der Waals surface area contributed by atoms with Crippen molar-refractivity contribution in [1.29, 1.82) is 0 Å². The van der Waals surface area contributed by atoms with E-state index in [0.717, 1.165) is 38.6 Å². The van der Waals surface area contributed by atoms with Gasteiger partial charge in [0, 0.05) is 49.5 Å². The standard InChI is InChI=1S/C51H32N4O/c1-3-12-33(13-4-1)34-22-24-36(25-23-34)49-52-50(54-51(53-49)38-28-31-43-42-17-8-10-21-46(42)56-47(43)32-38)37-26-29-39(30-27-37)55-45-20-9-7-16-41(45)44-19-11-18-40(48(44)55)35-14-5-2-6-15-35/h1-32H/i2D,5D,6D,7D,9D,14D,15D,16D,20D. The molecular weight excluding hydrogens is 685 g/mol. The number of nitrogens with zero attached hydrogens (tertiary/aromatic N) is 4. The largest absolute Gasteiger partial charge is 0.456 e. The van der Waals surface area contributed by atoms with E-state index in [0.29, 0.717) is 45.2 Å². The molecular formula is C51H32N4O. The maximum absolute atomic E-state index is 9.13. The normalized spacial score (nSPS) is 13.8. The van der Waals surface area contributed by atoms with Crippen molar-refractivity contribution in [2.75, 3.05) is 0 Å². The van der Waals surface area contributed by atoms with Gasteiger partial charge in [-0.2, -0.15) is 0 Å². The fourth-order valence-electron chi connectivity index (χ4n) is 7.44. The predicted octanol–water partition coefficient (Wildman–Crippen LogP) is 13.2. The Labute approximate surface area is 335 Å². The van der Waals surface area contributed by atoms with Crippen LogP contribution in [-0.2, 0) is 0 Å². The van der Waals surface area contributed by atoms with Crippen LogP contribution in [0.3, 0.4) is 0 Å². The van der Waals surface area contributed by atoms with Crippen LogP contribution in [0.1, 0.15) is 12.3 Å². The van der Waals surface area contributed by atoms with Crippen molar-refractivity contribution in [3.8, 4) is 62.1 Å². The molecule has 0 unspecified atom stereocenters. The van der Waals surface area contributed by atoms with Crippen LogP contribution in [0.4, 0.5) is 0 Å². The van der Waals surface area contributed by atoms with Crippen LogP contribution in [0.5, 0.6) is 0 Å². The molecule has 0 N–H and O–H groups in total. The fraction of sp³-hybridized carbons (Fsp3) is 0. The molecule has 0 aliphatic carbocycles. The van der Waals surface area contributed by atoms with Crippen LogP contribution >= 0.6 is 0 Å². The molecule has 0 spiro atoms. The zero-order chi connectivity index (χ0) is 44.8. The Morgan fingerprint density at radius 3 is 1.79 bits per heavy atom. The summed E-state index contributed by atoms with van der Waals surface area (Å²) in [6.45, 7) is 0. The van der Waals surface area contributed by atoms with E-state index in [4.69, 9.17) is 31.7 Å². The number of hydrogen-bond acceptors (Lipinski definition) is 4. The first kappa shape index (κ1) is 23.9. The Kier molecular flexibility index (Phi) is 5.57. The molecule has 0 saturated heterocycles. The molecule has 262 valence electrons. The monoisotopic (exact) mass is 725 g/mol. The van der Waals surface area contributed by atoms with Gasteiger partial charge in [0.2, 0.25) is 0 Å². The minimum atomic E-state index is -0.532. The van der Waals surface area contributed by atoms with Gasteiger partial charge in [0.05, 0.1) is 23.4 Å². The molecule has 0 atom stereocenters. The predicted molar refractivity (Wildman–Crippen MR) is 229 cm³/mol. The third kappa shape index (κ3) is 5.37. The lowest BCUT2D eigenvalue weighted by Gasteiger charge is -2.13. The summed E-state index contributed by atoms with van der Waals surface area (Å²) in [5.41, 5.74) is 6.92. The Bertz CT molecular complexity index is 3730. The quantitative estimate of drug-likeness (QED) is 0.171. The van der Waals surface area contributed by atoms with E-state index in [1.807, 2.05) is 97.1 Å². The van der Waals surface area contributed by atoms with Crippen LogP contribution in [0.2, 0.25) is 0 Å². The molecule has 11 aromatic rings. The summed E-state index contributed by atoms with van der Waals surface area (Å²) in [5.74, 6) is 1.24. The molecule has 5 heteroatoms. The molecule has 0 amide bonds. The molecule has 0 saturated carbocycles. The second-order valence-corrected chi connectivity index (χ2v) is 13.4. The lowest BCUT2D eigenvalue weighted by atomic mass is 10.0. The van der Waals surface area contributed by atoms with Gasteiger partial charge in [-0.05, 0) is 65.2 Å². The number of rotatable bonds is 6. The van der Waals surface area contributed by atoms with Crippen LogP contribution in [-0.4, -0.2) is 19.5 Å². The number of fused-ring (bicyclic) bond motifs is 6. The minimum Gasteiger partial charge on any atom is -0.456 e. The molecule has 8 aromatic carbocycles. The molecule has 0 bridgehead atoms. The first-order valence-corrected chi connectivity index (χ1v) is 18.0. The zero-order valence-corrected chi connectivity index (χ0v) is 29.5. The molecule has 3 heterocycles. The zero-order valence-electron chi connectivity index (χ0n) is 38.5. The Morgan fingerprint density at radius 1 is 0.411 bits per heavy atom. The van der Waals surface area contributed by atoms with Gasteiger partial charge in [-0.15, -0.1) is 0 Å². The second-order valence-electron chi connectivity index (χ2n) is 13.4. The van der Waals surface area contributed by atoms with Gasteiger partial charge >= 0.3 is 0 Å². The van der Waals surface area contributed by atoms with Crippen molar-refractivity contribution in [3.63, 3.8) is 0 Å². The summed E-state index contributed by atoms with van der Waals surface area (Å²) >= 11 is 0. The third-order valence-corrected chi connectivity index (χ3v) is 10.1. The summed E-state index contributed by atoms with van der Waals surface area (Å²) in [7, 11) is 0. The number of furan rings is 1. The first-order chi connectivity index (χ1) is 31.5. The highest BCUT2D eigenvalue weighted by atomic mass is 16.3. The fourth-order valence-corrected chi connectivity index (χ4v) is 7.44. The van der Waals surface area contributed by atoms with Gasteiger partial charge < -0.3 is 8.98 Å². The van der Waals surface area contributed by atoms with E-state index in [1.165, 1.54) is 0 Å². The van der Waals surface area contributed by atoms with Crippen molar-refractivity contribution in [2.24, 2.45) is 0 Å². The van der Waals surface area contributed by atoms with Gasteiger partial charge in [0.25, 0.3) is 0 Å². The van der Waals surface area contributed by atoms with E-state index in [9.17, 15) is 0 Å². The average molecular weight is 726 g/mol. The number of aromatic nitrogens is 4. The molecule has 0 aliphatic rings. The van der Waals surface area contributed by atoms with Crippen molar-refractivity contribution in [3.05, 3.63) is 194 Å². The average Bonchev–Trinajstić information content (AvgIpc) is 3.90. The van der Waals surface area contributed by atoms with E-state index in [-0.39, 0.29) is 34.1 Å². The summed E-state index contributed by atoms with van der Waals surface area (Å²) < 4.78 is 86.1. The third-order valence-electron chi connectivity index (χ3n) is 10.1. The van der Waals surface area contributed by atoms with E-state index >= 15 is 0 Å². The van der Waals surface area contributed by atoms with Crippen molar-refractivity contribution in [1.82, 2.24) is 19.5 Å². The minimum absolute atomic E-state index is 0.0552. The van der Waals surface area contributed by atoms with Crippen molar-refractivity contribution < 1.29 is 16.8 Å². The van der Waals surface area contributed by atoms with Crippen LogP contribution in [0.15, 0.2) is 198 Å². The molecule has 0 radical (unpaired) electrons. The molecule has 0 fully saturated rings. The highest BCUT2D eigenvalue weighted by Gasteiger charge is 2.18. The van der Waals surface area contributed by atoms with Crippen LogP contribution in [0.25, 0.3) is 106 Å². The highest BCUT2D eigenvalue weighted by molar-refractivity contribution is 6.13. The second kappa shape index (κ2) is 13.0. The SMILES string of the molecule is [2H]c1c([2H])c([2H])c(-c2cccc3c4c([2H])c([2H])c([2H])c([2H])c4n(-c4ccc(-c5nc(-c6ccc(-c7ccccc7)cc6)nc(-c6ccc7c(c6)oc6ccccc67)n5)cc4)c23)c([2H])c1[2H]. The van der Waals surface area contributed by atoms with Gasteiger partial charge in [-0.3, -0.25) is 0 Å². The maximum Gasteiger partial charge on any atom is 0.164 e. The van der Waals surface area contributed by atoms with Gasteiger partial charge in [-0.25, -0.2) is 15.0 Å². The topological polar surface area (TPSA) is 56.7 Å². The number of hydrogen-bond donors (Lipinski definition) is 0. The summed E-state index contributed by atoms with van der Waals surface area (Å²) in [6.07, 6.45) is 0.